The van der Waals surface area contributed by atoms with Crippen LogP contribution in [0.4, 0.5) is 0 Å². The summed E-state index contributed by atoms with van der Waals surface area (Å²) in [6.07, 6.45) is 0. The van der Waals surface area contributed by atoms with Gasteiger partial charge in [0.15, 0.2) is 0 Å². The Kier molecular flexibility index (Phi) is 12.1. The van der Waals surface area contributed by atoms with Crippen LogP contribution >= 0.6 is 27.9 Å². The van der Waals surface area contributed by atoms with Crippen LogP contribution < -0.4 is 10.6 Å². The molecule has 1 unspecified atom stereocenters. The molecule has 0 saturated carbocycles. The molecule has 0 spiro atoms. The van der Waals surface area contributed by atoms with Crippen molar-refractivity contribution in [3.8, 4) is 0 Å². The Labute approximate surface area is 104 Å². The zero-order valence-corrected chi connectivity index (χ0v) is 12.0. The van der Waals surface area contributed by atoms with Gasteiger partial charge in [-0.2, -0.15) is 0 Å². The fraction of sp³-hybridized carbons (Fsp3) is 1.00. The van der Waals surface area contributed by atoms with Crippen molar-refractivity contribution in [2.45, 2.75) is 13.0 Å². The fourth-order valence-corrected chi connectivity index (χ4v) is 1.04. The molecule has 2 N–H and O–H groups in total. The van der Waals surface area contributed by atoms with Crippen molar-refractivity contribution in [3.63, 3.8) is 0 Å². The van der Waals surface area contributed by atoms with E-state index in [0.29, 0.717) is 6.04 Å². The zero-order chi connectivity index (χ0) is 10.8. The van der Waals surface area contributed by atoms with Gasteiger partial charge in [-0.3, -0.25) is 0 Å². The van der Waals surface area contributed by atoms with Gasteiger partial charge in [-0.25, -0.2) is 0 Å². The van der Waals surface area contributed by atoms with Crippen LogP contribution in [0.1, 0.15) is 6.92 Å². The third-order valence-corrected chi connectivity index (χ3v) is 1.65. The monoisotopic (exact) mass is 295 g/mol. The summed E-state index contributed by atoms with van der Waals surface area (Å²) in [5.41, 5.74) is 0. The first-order chi connectivity index (χ1) is 6.63. The Morgan fingerprint density at radius 3 is 2.36 bits per heavy atom. The van der Waals surface area contributed by atoms with Gasteiger partial charge in [-0.05, 0) is 13.1 Å². The third kappa shape index (κ3) is 13.5. The molecule has 0 aliphatic carbocycles. The van der Waals surface area contributed by atoms with Crippen molar-refractivity contribution in [3.05, 3.63) is 5.32 Å². The Morgan fingerprint density at radius 2 is 1.71 bits per heavy atom. The standard InChI is InChI=1S/C7H16N3.3ClH.Ti/c1-7-6-9-3-2-8-4-5-10-7;;;;/h7-9H,2-6H2,1H3;3*1H;/q-1;;;;+4/p-3. The van der Waals surface area contributed by atoms with Crippen LogP contribution in [0, 0.1) is 0 Å². The average Bonchev–Trinajstić information content (AvgIpc) is 2.17. The number of nitrogens with one attached hydrogen (secondary N) is 2. The quantitative estimate of drug-likeness (QED) is 0.671. The first-order valence-electron chi connectivity index (χ1n) is 4.54. The van der Waals surface area contributed by atoms with Crippen LogP contribution in [0.25, 0.3) is 5.32 Å². The van der Waals surface area contributed by atoms with Crippen LogP contribution in [0.2, 0.25) is 0 Å². The molecule has 1 heterocycles. The van der Waals surface area contributed by atoms with Gasteiger partial charge >= 0.3 is 42.6 Å². The molecule has 0 aromatic heterocycles. The van der Waals surface area contributed by atoms with Crippen molar-refractivity contribution in [1.29, 1.82) is 0 Å². The molecule has 1 aliphatic rings. The summed E-state index contributed by atoms with van der Waals surface area (Å²) in [4.78, 5) is 0. The predicted molar refractivity (Wildman–Crippen MR) is 61.0 cm³/mol. The topological polar surface area (TPSA) is 38.2 Å². The summed E-state index contributed by atoms with van der Waals surface area (Å²) in [7, 11) is 14.9. The second kappa shape index (κ2) is 11.0. The second-order valence-corrected chi connectivity index (χ2v) is 10.7. The maximum absolute atomic E-state index is 4.97. The van der Waals surface area contributed by atoms with Gasteiger partial charge in [0.1, 0.15) is 0 Å². The number of nitrogens with zero attached hydrogens (tertiary/aromatic N) is 1. The molecule has 0 amide bonds. The average molecular weight is 296 g/mol. The van der Waals surface area contributed by atoms with E-state index in [1.54, 1.807) is 0 Å². The maximum atomic E-state index is 4.97. The van der Waals surface area contributed by atoms with Crippen molar-refractivity contribution in [2.75, 3.05) is 32.7 Å². The van der Waals surface area contributed by atoms with Gasteiger partial charge in [0.2, 0.25) is 0 Å². The van der Waals surface area contributed by atoms with Crippen molar-refractivity contribution >= 4 is 27.9 Å². The fourth-order valence-electron chi connectivity index (χ4n) is 1.04. The zero-order valence-electron chi connectivity index (χ0n) is 8.19. The van der Waals surface area contributed by atoms with E-state index in [9.17, 15) is 0 Å². The second-order valence-electron chi connectivity index (χ2n) is 2.92. The number of hydrogen-bond acceptors (Lipinski definition) is 2. The molecule has 0 aromatic carbocycles. The summed E-state index contributed by atoms with van der Waals surface area (Å²) < 4.78 is 0. The summed E-state index contributed by atoms with van der Waals surface area (Å²) in [5.74, 6) is 0. The normalized spacial score (nSPS) is 23.6. The summed E-state index contributed by atoms with van der Waals surface area (Å²) in [5, 5.41) is 11.0. The SMILES string of the molecule is CC1CNCCNCC[N-]1.[Cl][Ti+]([Cl])[Cl]. The molecule has 1 atom stereocenters. The Balaban J connectivity index is 0.000000364. The van der Waals surface area contributed by atoms with E-state index in [1.807, 2.05) is 0 Å². The van der Waals surface area contributed by atoms with Gasteiger partial charge in [0, 0.05) is 13.1 Å². The molecule has 1 saturated heterocycles. The minimum absolute atomic E-state index is 0.486. The minimum atomic E-state index is -1.92. The van der Waals surface area contributed by atoms with Gasteiger partial charge in [-0.1, -0.05) is 6.92 Å². The Bertz CT molecular complexity index is 116. The Morgan fingerprint density at radius 1 is 1.14 bits per heavy atom. The van der Waals surface area contributed by atoms with Crippen LogP contribution in [0.15, 0.2) is 0 Å². The first-order valence-corrected chi connectivity index (χ1v) is 11.0. The number of rotatable bonds is 0. The first kappa shape index (κ1) is 15.5. The summed E-state index contributed by atoms with van der Waals surface area (Å²) in [6, 6.07) is 0.486. The predicted octanol–water partition coefficient (Wildman–Crippen LogP) is 2.01. The van der Waals surface area contributed by atoms with E-state index >= 15 is 0 Å². The summed E-state index contributed by atoms with van der Waals surface area (Å²) in [6.45, 7) is 7.32. The van der Waals surface area contributed by atoms with E-state index in [0.717, 1.165) is 32.7 Å². The molecule has 0 radical (unpaired) electrons. The van der Waals surface area contributed by atoms with Crippen LogP contribution in [0.3, 0.4) is 0 Å². The number of halogens is 3. The third-order valence-electron chi connectivity index (χ3n) is 1.65. The molecule has 1 aliphatic heterocycles. The van der Waals surface area contributed by atoms with E-state index in [1.165, 1.54) is 0 Å². The molecular formula is C7H16Cl3N3Ti. The molecule has 0 aromatic rings. The molecule has 7 heteroatoms. The van der Waals surface area contributed by atoms with Crippen LogP contribution in [0.5, 0.6) is 0 Å². The summed E-state index contributed by atoms with van der Waals surface area (Å²) >= 11 is -1.92. The molecule has 1 rings (SSSR count). The molecule has 84 valence electrons. The molecule has 0 bridgehead atoms. The van der Waals surface area contributed by atoms with Crippen molar-refractivity contribution in [2.24, 2.45) is 0 Å². The van der Waals surface area contributed by atoms with Gasteiger partial charge < -0.3 is 16.0 Å². The molecule has 14 heavy (non-hydrogen) atoms. The van der Waals surface area contributed by atoms with Crippen LogP contribution in [-0.4, -0.2) is 38.8 Å². The van der Waals surface area contributed by atoms with Gasteiger partial charge in [0.05, 0.1) is 0 Å². The van der Waals surface area contributed by atoms with E-state index < -0.39 is 14.7 Å². The van der Waals surface area contributed by atoms with E-state index in [2.05, 4.69) is 22.9 Å². The Hall–Kier alpha value is 1.46. The van der Waals surface area contributed by atoms with E-state index in [-0.39, 0.29) is 0 Å². The molecule has 1 fully saturated rings. The van der Waals surface area contributed by atoms with Crippen molar-refractivity contribution in [1.82, 2.24) is 10.6 Å². The van der Waals surface area contributed by atoms with Crippen LogP contribution in [-0.2, 0) is 14.7 Å². The van der Waals surface area contributed by atoms with Gasteiger partial charge in [-0.15, -0.1) is 12.6 Å². The van der Waals surface area contributed by atoms with E-state index in [4.69, 9.17) is 27.9 Å². The van der Waals surface area contributed by atoms with Gasteiger partial charge in [0.25, 0.3) is 0 Å². The number of hydrogen-bond donors (Lipinski definition) is 2. The van der Waals surface area contributed by atoms with Crippen molar-refractivity contribution < 1.29 is 14.7 Å². The molecular weight excluding hydrogens is 280 g/mol. The molecule has 3 nitrogen and oxygen atoms in total.